The number of halogens is 1. The molecule has 0 fully saturated rings. The molecule has 0 saturated heterocycles. The third-order valence-electron chi connectivity index (χ3n) is 4.63. The molecule has 2 amide bonds. The zero-order valence-corrected chi connectivity index (χ0v) is 18.1. The summed E-state index contributed by atoms with van der Waals surface area (Å²) in [4.78, 5) is 29.7. The van der Waals surface area contributed by atoms with E-state index in [0.29, 0.717) is 16.7 Å². The summed E-state index contributed by atoms with van der Waals surface area (Å²) in [6.07, 6.45) is 6.24. The van der Waals surface area contributed by atoms with Crippen LogP contribution in [-0.4, -0.2) is 38.8 Å². The molecule has 0 aliphatic heterocycles. The van der Waals surface area contributed by atoms with Gasteiger partial charge in [-0.25, -0.2) is 19.6 Å². The summed E-state index contributed by atoms with van der Waals surface area (Å²) < 4.78 is 18.7. The Morgan fingerprint density at radius 3 is 2.56 bits per heavy atom. The van der Waals surface area contributed by atoms with E-state index in [2.05, 4.69) is 4.98 Å². The molecule has 1 aromatic heterocycles. The van der Waals surface area contributed by atoms with Crippen molar-refractivity contribution < 1.29 is 29.0 Å². The van der Waals surface area contributed by atoms with Crippen molar-refractivity contribution in [3.05, 3.63) is 82.5 Å². The third-order valence-corrected chi connectivity index (χ3v) is 4.63. The Morgan fingerprint density at radius 2 is 1.94 bits per heavy atom. The highest BCUT2D eigenvalue weighted by Crippen LogP contribution is 2.25. The second kappa shape index (κ2) is 11.6. The summed E-state index contributed by atoms with van der Waals surface area (Å²) in [7, 11) is 0. The fourth-order valence-corrected chi connectivity index (χ4v) is 2.78. The number of nitrogens with one attached hydrogen (secondary N) is 1. The summed E-state index contributed by atoms with van der Waals surface area (Å²) >= 11 is 0. The van der Waals surface area contributed by atoms with Gasteiger partial charge in [0.15, 0.2) is 5.69 Å². The number of allylic oxidation sites excluding steroid dienone is 3. The van der Waals surface area contributed by atoms with Crippen LogP contribution in [0, 0.1) is 12.7 Å². The monoisotopic (exact) mass is 443 g/mol. The summed E-state index contributed by atoms with van der Waals surface area (Å²) in [5, 5.41) is 19.1. The minimum absolute atomic E-state index is 0.0151. The second-order valence-corrected chi connectivity index (χ2v) is 7.12. The van der Waals surface area contributed by atoms with E-state index in [1.807, 2.05) is 32.1 Å². The molecule has 170 valence electrons. The van der Waals surface area contributed by atoms with E-state index in [0.717, 1.165) is 5.57 Å². The summed E-state index contributed by atoms with van der Waals surface area (Å²) in [6.45, 7) is 5.49. The number of nitrogens with zero attached hydrogens (tertiary/aromatic N) is 2. The van der Waals surface area contributed by atoms with E-state index in [1.54, 1.807) is 19.1 Å². The van der Waals surface area contributed by atoms with Gasteiger partial charge in [-0.2, -0.15) is 0 Å². The van der Waals surface area contributed by atoms with E-state index < -0.39 is 23.6 Å². The van der Waals surface area contributed by atoms with Crippen molar-refractivity contribution in [2.75, 3.05) is 6.61 Å². The molecule has 0 unspecified atom stereocenters. The van der Waals surface area contributed by atoms with Crippen LogP contribution in [0.3, 0.4) is 0 Å². The average molecular weight is 443 g/mol. The highest BCUT2D eigenvalue weighted by Gasteiger charge is 2.21. The Kier molecular flexibility index (Phi) is 8.91. The molecule has 1 heterocycles. The first-order valence-electron chi connectivity index (χ1n) is 9.83. The molecule has 0 saturated carbocycles. The third kappa shape index (κ3) is 6.64. The minimum Gasteiger partial charge on any atom is -0.505 e. The lowest BCUT2D eigenvalue weighted by atomic mass is 10.1. The van der Waals surface area contributed by atoms with Gasteiger partial charge in [0.25, 0.3) is 5.91 Å². The Bertz CT molecular complexity index is 1020. The number of ether oxygens (including phenoxy) is 1. The maximum absolute atomic E-state index is 13.3. The zero-order valence-electron chi connectivity index (χ0n) is 18.1. The molecule has 1 aromatic carbocycles. The highest BCUT2D eigenvalue weighted by atomic mass is 19.1. The van der Waals surface area contributed by atoms with Crippen molar-refractivity contribution in [3.8, 4) is 5.75 Å². The summed E-state index contributed by atoms with van der Waals surface area (Å²) in [5.41, 5.74) is 3.38. The molecule has 9 heteroatoms. The van der Waals surface area contributed by atoms with Gasteiger partial charge in [0.05, 0.1) is 6.54 Å². The molecule has 8 nitrogen and oxygen atoms in total. The van der Waals surface area contributed by atoms with Crippen LogP contribution in [0.4, 0.5) is 9.18 Å². The number of aromatic nitrogens is 1. The topological polar surface area (TPSA) is 112 Å². The lowest BCUT2D eigenvalue weighted by Crippen LogP contribution is -2.31. The molecule has 0 radical (unpaired) electrons. The molecule has 2 aromatic rings. The average Bonchev–Trinajstić information content (AvgIpc) is 2.79. The maximum atomic E-state index is 13.3. The lowest BCUT2D eigenvalue weighted by Gasteiger charge is -2.23. The van der Waals surface area contributed by atoms with Crippen LogP contribution in [0.25, 0.3) is 0 Å². The maximum Gasteiger partial charge on any atom is 0.410 e. The highest BCUT2D eigenvalue weighted by molar-refractivity contribution is 5.94. The molecular formula is C23H26FN3O5. The Morgan fingerprint density at radius 1 is 1.25 bits per heavy atom. The number of carbonyl (C=O) groups excluding carboxylic acids is 2. The van der Waals surface area contributed by atoms with Gasteiger partial charge >= 0.3 is 6.09 Å². The van der Waals surface area contributed by atoms with Crippen LogP contribution in [0.15, 0.2) is 54.3 Å². The quantitative estimate of drug-likeness (QED) is 0.323. The van der Waals surface area contributed by atoms with Gasteiger partial charge in [-0.3, -0.25) is 14.9 Å². The van der Waals surface area contributed by atoms with Crippen LogP contribution in [-0.2, 0) is 17.8 Å². The fourth-order valence-electron chi connectivity index (χ4n) is 2.78. The Labute approximate surface area is 185 Å². The number of pyridine rings is 1. The van der Waals surface area contributed by atoms with Gasteiger partial charge in [-0.05, 0) is 55.2 Å². The second-order valence-electron chi connectivity index (χ2n) is 7.12. The molecule has 0 atom stereocenters. The number of amides is 2. The van der Waals surface area contributed by atoms with Crippen LogP contribution >= 0.6 is 0 Å². The molecule has 0 bridgehead atoms. The Balaban J connectivity index is 2.28. The van der Waals surface area contributed by atoms with E-state index in [1.165, 1.54) is 28.7 Å². The van der Waals surface area contributed by atoms with E-state index >= 15 is 0 Å². The van der Waals surface area contributed by atoms with Crippen LogP contribution in [0.2, 0.25) is 0 Å². The number of aromatic hydroxyl groups is 1. The predicted octanol–water partition coefficient (Wildman–Crippen LogP) is 4.01. The first-order valence-corrected chi connectivity index (χ1v) is 9.83. The molecular weight excluding hydrogens is 417 g/mol. The van der Waals surface area contributed by atoms with Crippen molar-refractivity contribution in [2.45, 2.75) is 33.9 Å². The number of benzene rings is 1. The van der Waals surface area contributed by atoms with Gasteiger partial charge < -0.3 is 9.84 Å². The van der Waals surface area contributed by atoms with Crippen LogP contribution < -0.4 is 5.48 Å². The molecule has 0 aliphatic carbocycles. The lowest BCUT2D eigenvalue weighted by molar-refractivity contribution is 0.0697. The van der Waals surface area contributed by atoms with Crippen molar-refractivity contribution >= 4 is 12.0 Å². The molecule has 32 heavy (non-hydrogen) atoms. The first-order chi connectivity index (χ1) is 15.3. The van der Waals surface area contributed by atoms with E-state index in [-0.39, 0.29) is 25.4 Å². The van der Waals surface area contributed by atoms with E-state index in [4.69, 9.17) is 9.94 Å². The largest absolute Gasteiger partial charge is 0.505 e. The van der Waals surface area contributed by atoms with Crippen molar-refractivity contribution in [3.63, 3.8) is 0 Å². The number of hydrogen-bond acceptors (Lipinski definition) is 6. The number of hydrogen-bond donors (Lipinski definition) is 3. The van der Waals surface area contributed by atoms with Crippen LogP contribution in [0.5, 0.6) is 5.75 Å². The molecule has 3 N–H and O–H groups in total. The molecule has 2 rings (SSSR count). The smallest absolute Gasteiger partial charge is 0.410 e. The fraction of sp³-hybridized carbons (Fsp3) is 0.261. The number of rotatable bonds is 8. The Hall–Kier alpha value is -3.72. The minimum atomic E-state index is -0.955. The van der Waals surface area contributed by atoms with Crippen molar-refractivity contribution in [1.29, 1.82) is 0 Å². The number of hydroxylamine groups is 1. The van der Waals surface area contributed by atoms with Crippen molar-refractivity contribution in [2.24, 2.45) is 0 Å². The van der Waals surface area contributed by atoms with Gasteiger partial charge in [-0.15, -0.1) is 0 Å². The van der Waals surface area contributed by atoms with Gasteiger partial charge in [-0.1, -0.05) is 30.4 Å². The first kappa shape index (κ1) is 24.5. The summed E-state index contributed by atoms with van der Waals surface area (Å²) in [6, 6.07) is 5.71. The van der Waals surface area contributed by atoms with Gasteiger partial charge in [0.1, 0.15) is 18.2 Å². The van der Waals surface area contributed by atoms with Gasteiger partial charge in [0.2, 0.25) is 0 Å². The standard InChI is InChI=1S/C23H26FN3O5/c1-4-5-6-15(2)14-32-23(30)27(12-17-7-9-19(24)10-8-17)13-18-11-25-20(22(29)26-31)21(28)16(18)3/h4-11,28,31H,12-14H2,1-3H3,(H,26,29)/b5-4-,15-6+. The van der Waals surface area contributed by atoms with Gasteiger partial charge in [0, 0.05) is 12.7 Å². The predicted molar refractivity (Wildman–Crippen MR) is 115 cm³/mol. The van der Waals surface area contributed by atoms with Crippen molar-refractivity contribution in [1.82, 2.24) is 15.4 Å². The summed E-state index contributed by atoms with van der Waals surface area (Å²) in [5.74, 6) is -1.76. The molecule has 0 spiro atoms. The normalized spacial score (nSPS) is 11.5. The zero-order chi connectivity index (χ0) is 23.7. The number of carbonyl (C=O) groups is 2. The van der Waals surface area contributed by atoms with Crippen LogP contribution in [0.1, 0.15) is 41.0 Å². The SMILES string of the molecule is C/C=C\C=C(/C)COC(=O)N(Cc1ccc(F)cc1)Cc1cnc(C(=O)NO)c(O)c1C. The molecule has 0 aliphatic rings. The van der Waals surface area contributed by atoms with E-state index in [9.17, 15) is 19.1 Å².